The van der Waals surface area contributed by atoms with E-state index in [9.17, 15) is 13.2 Å². The predicted octanol–water partition coefficient (Wildman–Crippen LogP) is 1.31. The first-order chi connectivity index (χ1) is 12.0. The molecule has 2 aromatic heterocycles. The molecule has 0 unspecified atom stereocenters. The van der Waals surface area contributed by atoms with Gasteiger partial charge in [0.1, 0.15) is 0 Å². The molecule has 0 amide bonds. The molecule has 2 saturated carbocycles. The Morgan fingerprint density at radius 2 is 1.88 bits per heavy atom. The summed E-state index contributed by atoms with van der Waals surface area (Å²) in [5.74, 6) is 0.504. The topological polar surface area (TPSA) is 110 Å². The number of nitrogens with one attached hydrogen (secondary N) is 2. The van der Waals surface area contributed by atoms with Gasteiger partial charge in [0.15, 0.2) is 5.03 Å². The van der Waals surface area contributed by atoms with Crippen LogP contribution in [0.3, 0.4) is 0 Å². The van der Waals surface area contributed by atoms with Gasteiger partial charge in [-0.05, 0) is 44.6 Å². The van der Waals surface area contributed by atoms with E-state index >= 15 is 0 Å². The maximum Gasteiger partial charge on any atom is 0.267 e. The van der Waals surface area contributed by atoms with Gasteiger partial charge in [-0.2, -0.15) is 5.10 Å². The van der Waals surface area contributed by atoms with Crippen LogP contribution >= 0.6 is 0 Å². The van der Waals surface area contributed by atoms with Gasteiger partial charge in [0, 0.05) is 18.0 Å². The van der Waals surface area contributed by atoms with Gasteiger partial charge >= 0.3 is 0 Å². The number of nitrogens with zero attached hydrogens (tertiary/aromatic N) is 3. The molecule has 4 rings (SSSR count). The molecule has 0 aromatic carbocycles. The van der Waals surface area contributed by atoms with E-state index < -0.39 is 10.0 Å². The summed E-state index contributed by atoms with van der Waals surface area (Å²) < 4.78 is 28.8. The van der Waals surface area contributed by atoms with Crippen molar-refractivity contribution in [2.24, 2.45) is 0 Å². The molecule has 2 heterocycles. The summed E-state index contributed by atoms with van der Waals surface area (Å²) in [6.07, 6.45) is 7.76. The Bertz CT molecular complexity index is 894. The molecule has 0 atom stereocenters. The lowest BCUT2D eigenvalue weighted by Gasteiger charge is -2.29. The highest BCUT2D eigenvalue weighted by molar-refractivity contribution is 7.89. The second-order valence-electron chi connectivity index (χ2n) is 6.86. The van der Waals surface area contributed by atoms with Crippen LogP contribution in [0.25, 0.3) is 0 Å². The van der Waals surface area contributed by atoms with E-state index in [-0.39, 0.29) is 22.7 Å². The van der Waals surface area contributed by atoms with Gasteiger partial charge in [-0.15, -0.1) is 0 Å². The number of sulfonamides is 1. The Morgan fingerprint density at radius 3 is 2.52 bits per heavy atom. The third kappa shape index (κ3) is 3.52. The molecule has 8 nitrogen and oxygen atoms in total. The Labute approximate surface area is 145 Å². The zero-order valence-corrected chi connectivity index (χ0v) is 14.6. The first kappa shape index (κ1) is 16.5. The van der Waals surface area contributed by atoms with Crippen LogP contribution in [0.5, 0.6) is 0 Å². The van der Waals surface area contributed by atoms with E-state index in [0.29, 0.717) is 18.8 Å². The van der Waals surface area contributed by atoms with Crippen LogP contribution in [0.4, 0.5) is 0 Å². The molecular weight excluding hydrogens is 342 g/mol. The van der Waals surface area contributed by atoms with Gasteiger partial charge in [-0.3, -0.25) is 4.79 Å². The summed E-state index contributed by atoms with van der Waals surface area (Å²) in [6, 6.07) is 3.35. The van der Waals surface area contributed by atoms with E-state index in [1.54, 1.807) is 10.7 Å². The van der Waals surface area contributed by atoms with Crippen molar-refractivity contribution < 1.29 is 8.42 Å². The van der Waals surface area contributed by atoms with Crippen molar-refractivity contribution >= 4 is 10.0 Å². The fraction of sp³-hybridized carbons (Fsp3) is 0.562. The first-order valence-corrected chi connectivity index (χ1v) is 10.1. The largest absolute Gasteiger partial charge is 0.335 e. The highest BCUT2D eigenvalue weighted by Gasteiger charge is 2.30. The van der Waals surface area contributed by atoms with Crippen molar-refractivity contribution in [1.82, 2.24) is 24.5 Å². The second-order valence-corrected chi connectivity index (χ2v) is 8.54. The van der Waals surface area contributed by atoms with Crippen LogP contribution in [0.2, 0.25) is 0 Å². The van der Waals surface area contributed by atoms with Gasteiger partial charge in [0.05, 0.1) is 24.3 Å². The average Bonchev–Trinajstić information content (AvgIpc) is 3.28. The van der Waals surface area contributed by atoms with Crippen LogP contribution in [0.15, 0.2) is 34.5 Å². The molecule has 25 heavy (non-hydrogen) atoms. The molecule has 0 bridgehead atoms. The summed E-state index contributed by atoms with van der Waals surface area (Å²) in [5, 5.41) is 4.62. The average molecular weight is 363 g/mol. The molecule has 2 aliphatic carbocycles. The molecule has 2 aromatic rings. The van der Waals surface area contributed by atoms with Gasteiger partial charge in [0.2, 0.25) is 0 Å². The zero-order chi connectivity index (χ0) is 17.4. The third-order valence-electron chi connectivity index (χ3n) is 4.97. The number of rotatable bonds is 5. The van der Waals surface area contributed by atoms with Crippen LogP contribution in [0, 0.1) is 0 Å². The van der Waals surface area contributed by atoms with Crippen LogP contribution in [-0.4, -0.2) is 34.2 Å². The second kappa shape index (κ2) is 6.38. The van der Waals surface area contributed by atoms with Crippen LogP contribution in [-0.2, 0) is 10.0 Å². The van der Waals surface area contributed by atoms with E-state index in [4.69, 9.17) is 0 Å². The Morgan fingerprint density at radius 1 is 1.12 bits per heavy atom. The molecule has 0 spiro atoms. The maximum atomic E-state index is 12.2. The molecule has 0 radical (unpaired) electrons. The van der Waals surface area contributed by atoms with Gasteiger partial charge in [-0.25, -0.2) is 22.8 Å². The van der Waals surface area contributed by atoms with Crippen molar-refractivity contribution in [3.05, 3.63) is 40.7 Å². The Kier molecular flexibility index (Phi) is 4.20. The number of aromatic nitrogens is 4. The van der Waals surface area contributed by atoms with Crippen molar-refractivity contribution in [1.29, 1.82) is 0 Å². The number of hydrogen-bond donors (Lipinski definition) is 2. The minimum absolute atomic E-state index is 0.0408. The van der Waals surface area contributed by atoms with Crippen molar-refractivity contribution in [3.8, 4) is 0 Å². The van der Waals surface area contributed by atoms with Gasteiger partial charge in [0.25, 0.3) is 15.6 Å². The lowest BCUT2D eigenvalue weighted by molar-refractivity contribution is 0.284. The minimum atomic E-state index is -3.57. The number of H-pyrrole nitrogens is 1. The minimum Gasteiger partial charge on any atom is -0.335 e. The quantitative estimate of drug-likeness (QED) is 0.832. The molecule has 134 valence electrons. The fourth-order valence-corrected chi connectivity index (χ4v) is 4.62. The maximum absolute atomic E-state index is 12.2. The summed E-state index contributed by atoms with van der Waals surface area (Å²) in [6.45, 7) is 0. The molecule has 0 saturated heterocycles. The summed E-state index contributed by atoms with van der Waals surface area (Å²) in [4.78, 5) is 18.5. The van der Waals surface area contributed by atoms with Crippen LogP contribution < -0.4 is 10.3 Å². The van der Waals surface area contributed by atoms with Crippen molar-refractivity contribution in [2.75, 3.05) is 0 Å². The molecule has 0 aliphatic heterocycles. The molecule has 2 fully saturated rings. The van der Waals surface area contributed by atoms with E-state index in [1.807, 2.05) is 6.07 Å². The molecule has 9 heteroatoms. The monoisotopic (exact) mass is 363 g/mol. The standard InChI is InChI=1S/C16H21N5O3S/c22-16-8-7-14(11-1-2-11)19-21(16)13-5-3-12(4-6-13)20-25(23,24)15-9-17-10-18-15/h7-13,20H,1-6H2,(H,17,18). The predicted molar refractivity (Wildman–Crippen MR) is 90.7 cm³/mol. The number of hydrogen-bond acceptors (Lipinski definition) is 5. The SMILES string of the molecule is O=c1ccc(C2CC2)nn1C1CCC(NS(=O)(=O)c2cnc[nH]2)CC1. The zero-order valence-electron chi connectivity index (χ0n) is 13.8. The summed E-state index contributed by atoms with van der Waals surface area (Å²) in [7, 11) is -3.57. The Balaban J connectivity index is 1.42. The lowest BCUT2D eigenvalue weighted by atomic mass is 9.92. The molecule has 2 N–H and O–H groups in total. The van der Waals surface area contributed by atoms with E-state index in [1.165, 1.54) is 12.5 Å². The van der Waals surface area contributed by atoms with Gasteiger partial charge in [-0.1, -0.05) is 0 Å². The highest BCUT2D eigenvalue weighted by atomic mass is 32.2. The number of aromatic amines is 1. The highest BCUT2D eigenvalue weighted by Crippen LogP contribution is 2.38. The normalized spacial score (nSPS) is 24.3. The van der Waals surface area contributed by atoms with Crippen LogP contribution in [0.1, 0.15) is 56.2 Å². The smallest absolute Gasteiger partial charge is 0.267 e. The third-order valence-corrected chi connectivity index (χ3v) is 6.41. The Hall–Kier alpha value is -2.00. The number of imidazole rings is 1. The van der Waals surface area contributed by atoms with Crippen molar-refractivity contribution in [3.63, 3.8) is 0 Å². The lowest BCUT2D eigenvalue weighted by Crippen LogP contribution is -2.39. The molecule has 2 aliphatic rings. The summed E-state index contributed by atoms with van der Waals surface area (Å²) in [5.41, 5.74) is 0.924. The van der Waals surface area contributed by atoms with E-state index in [2.05, 4.69) is 19.8 Å². The van der Waals surface area contributed by atoms with Crippen molar-refractivity contribution in [2.45, 2.75) is 61.6 Å². The fourth-order valence-electron chi connectivity index (χ4n) is 3.41. The first-order valence-electron chi connectivity index (χ1n) is 8.63. The van der Waals surface area contributed by atoms with Gasteiger partial charge < -0.3 is 4.98 Å². The summed E-state index contributed by atoms with van der Waals surface area (Å²) >= 11 is 0. The van der Waals surface area contributed by atoms with E-state index in [0.717, 1.165) is 31.4 Å². The molecular formula is C16H21N5O3S.